The van der Waals surface area contributed by atoms with Crippen molar-refractivity contribution in [2.24, 2.45) is 0 Å². The third-order valence-corrected chi connectivity index (χ3v) is 4.29. The molecule has 0 unspecified atom stereocenters. The summed E-state index contributed by atoms with van der Waals surface area (Å²) < 4.78 is 25.9. The molecule has 94 valence electrons. The molecule has 0 fully saturated rings. The molecular formula is C9H12N2O4S2. The van der Waals surface area contributed by atoms with E-state index in [0.717, 1.165) is 5.75 Å². The van der Waals surface area contributed by atoms with Crippen molar-refractivity contribution in [1.29, 1.82) is 0 Å². The molecule has 0 aliphatic heterocycles. The summed E-state index contributed by atoms with van der Waals surface area (Å²) in [6.45, 7) is 1.89. The molecule has 0 saturated carbocycles. The summed E-state index contributed by atoms with van der Waals surface area (Å²) in [5.41, 5.74) is -0.415. The Labute approximate surface area is 104 Å². The maximum Gasteiger partial charge on any atom is 0.289 e. The number of rotatable bonds is 6. The fourth-order valence-electron chi connectivity index (χ4n) is 1.13. The molecule has 0 bridgehead atoms. The first kappa shape index (κ1) is 13.9. The Morgan fingerprint density at radius 3 is 2.65 bits per heavy atom. The number of nitrogens with one attached hydrogen (secondary N) is 1. The highest BCUT2D eigenvalue weighted by Crippen LogP contribution is 2.22. The Balaban J connectivity index is 3.02. The third kappa shape index (κ3) is 3.69. The maximum absolute atomic E-state index is 11.8. The van der Waals surface area contributed by atoms with E-state index >= 15 is 0 Å². The second kappa shape index (κ2) is 5.99. The van der Waals surface area contributed by atoms with Gasteiger partial charge in [0.25, 0.3) is 5.69 Å². The van der Waals surface area contributed by atoms with Gasteiger partial charge in [0.1, 0.15) is 0 Å². The molecule has 0 heterocycles. The number of thioether (sulfide) groups is 1. The summed E-state index contributed by atoms with van der Waals surface area (Å²) in [5, 5.41) is 10.7. The Hall–Kier alpha value is -1.12. The highest BCUT2D eigenvalue weighted by molar-refractivity contribution is 8.00. The fourth-order valence-corrected chi connectivity index (χ4v) is 3.12. The van der Waals surface area contributed by atoms with Gasteiger partial charge in [0.15, 0.2) is 4.90 Å². The summed E-state index contributed by atoms with van der Waals surface area (Å²) in [6.07, 6.45) is 0. The molecule has 1 N–H and O–H groups in total. The minimum Gasteiger partial charge on any atom is -0.258 e. The molecule has 0 radical (unpaired) electrons. The average Bonchev–Trinajstić information content (AvgIpc) is 2.29. The lowest BCUT2D eigenvalue weighted by Gasteiger charge is -2.06. The van der Waals surface area contributed by atoms with Gasteiger partial charge in [0.05, 0.1) is 10.8 Å². The lowest BCUT2D eigenvalue weighted by molar-refractivity contribution is -0.387. The molecule has 17 heavy (non-hydrogen) atoms. The normalized spacial score (nSPS) is 11.4. The lowest BCUT2D eigenvalue weighted by Crippen LogP contribution is -2.24. The molecule has 0 aliphatic rings. The predicted octanol–water partition coefficient (Wildman–Crippen LogP) is 1.58. The number of benzene rings is 1. The Morgan fingerprint density at radius 1 is 1.41 bits per heavy atom. The molecule has 1 rings (SSSR count). The van der Waals surface area contributed by atoms with Crippen LogP contribution in [0.2, 0.25) is 0 Å². The Bertz CT molecular complexity index is 501. The molecule has 1 aromatic carbocycles. The van der Waals surface area contributed by atoms with Gasteiger partial charge in [-0.05, 0) is 11.8 Å². The zero-order valence-corrected chi connectivity index (χ0v) is 10.8. The van der Waals surface area contributed by atoms with Gasteiger partial charge < -0.3 is 0 Å². The van der Waals surface area contributed by atoms with Gasteiger partial charge >= 0.3 is 0 Å². The zero-order chi connectivity index (χ0) is 12.9. The third-order valence-electron chi connectivity index (χ3n) is 1.91. The monoisotopic (exact) mass is 276 g/mol. The molecule has 0 aliphatic carbocycles. The van der Waals surface area contributed by atoms with Crippen molar-refractivity contribution >= 4 is 27.5 Å². The summed E-state index contributed by atoms with van der Waals surface area (Å²) in [4.78, 5) is 9.70. The number of nitrogens with zero attached hydrogens (tertiary/aromatic N) is 1. The molecule has 0 aromatic heterocycles. The van der Waals surface area contributed by atoms with Crippen LogP contribution in [0.5, 0.6) is 0 Å². The minimum absolute atomic E-state index is 0.199. The predicted molar refractivity (Wildman–Crippen MR) is 66.4 cm³/mol. The van der Waals surface area contributed by atoms with E-state index in [4.69, 9.17) is 0 Å². The summed E-state index contributed by atoms with van der Waals surface area (Å²) >= 11 is 1.38. The maximum atomic E-state index is 11.8. The molecule has 8 heteroatoms. The van der Waals surface area contributed by atoms with Crippen molar-refractivity contribution in [3.63, 3.8) is 0 Å². The minimum atomic E-state index is -3.82. The van der Waals surface area contributed by atoms with Gasteiger partial charge in [-0.1, -0.05) is 19.1 Å². The van der Waals surface area contributed by atoms with E-state index in [1.807, 2.05) is 6.92 Å². The summed E-state index contributed by atoms with van der Waals surface area (Å²) in [5.74, 6) is 0.963. The van der Waals surface area contributed by atoms with Crippen LogP contribution in [0.25, 0.3) is 0 Å². The molecule has 6 nitrogen and oxygen atoms in total. The Kier molecular flexibility index (Phi) is 4.91. The largest absolute Gasteiger partial charge is 0.289 e. The number of hydrogen-bond donors (Lipinski definition) is 1. The fraction of sp³-hybridized carbons (Fsp3) is 0.333. The van der Waals surface area contributed by atoms with Crippen LogP contribution < -0.4 is 4.72 Å². The summed E-state index contributed by atoms with van der Waals surface area (Å²) in [7, 11) is -3.82. The molecule has 0 amide bonds. The SMILES string of the molecule is CCSCNS(=O)(=O)c1ccccc1[N+](=O)[O-]. The van der Waals surface area contributed by atoms with E-state index in [1.54, 1.807) is 0 Å². The van der Waals surface area contributed by atoms with Gasteiger partial charge in [-0.25, -0.2) is 13.1 Å². The van der Waals surface area contributed by atoms with E-state index in [1.165, 1.54) is 36.0 Å². The quantitative estimate of drug-likeness (QED) is 0.369. The first-order valence-electron chi connectivity index (χ1n) is 4.80. The van der Waals surface area contributed by atoms with Crippen molar-refractivity contribution in [3.05, 3.63) is 34.4 Å². The van der Waals surface area contributed by atoms with Gasteiger partial charge in [-0.15, -0.1) is 11.8 Å². The highest BCUT2D eigenvalue weighted by Gasteiger charge is 2.24. The number of sulfonamides is 1. The average molecular weight is 276 g/mol. The number of hydrogen-bond acceptors (Lipinski definition) is 5. The molecule has 0 saturated heterocycles. The van der Waals surface area contributed by atoms with Crippen molar-refractivity contribution in [3.8, 4) is 0 Å². The first-order chi connectivity index (χ1) is 7.99. The van der Waals surface area contributed by atoms with E-state index < -0.39 is 20.6 Å². The van der Waals surface area contributed by atoms with Crippen LogP contribution in [0, 0.1) is 10.1 Å². The highest BCUT2D eigenvalue weighted by atomic mass is 32.2. The second-order valence-corrected chi connectivity index (χ2v) is 6.02. The number of nitro benzene ring substituents is 1. The standard InChI is InChI=1S/C9H12N2O4S2/c1-2-16-7-10-17(14,15)9-6-4-3-5-8(9)11(12)13/h3-6,10H,2,7H2,1H3. The van der Waals surface area contributed by atoms with Crippen molar-refractivity contribution in [2.45, 2.75) is 11.8 Å². The van der Waals surface area contributed by atoms with Crippen molar-refractivity contribution in [1.82, 2.24) is 4.72 Å². The van der Waals surface area contributed by atoms with E-state index in [9.17, 15) is 18.5 Å². The first-order valence-corrected chi connectivity index (χ1v) is 7.43. The van der Waals surface area contributed by atoms with Crippen molar-refractivity contribution in [2.75, 3.05) is 11.6 Å². The number of nitro groups is 1. The number of para-hydroxylation sites is 1. The van der Waals surface area contributed by atoms with Crippen LogP contribution in [0.4, 0.5) is 5.69 Å². The van der Waals surface area contributed by atoms with Crippen LogP contribution in [0.3, 0.4) is 0 Å². The smallest absolute Gasteiger partial charge is 0.258 e. The molecular weight excluding hydrogens is 264 g/mol. The molecule has 1 aromatic rings. The van der Waals surface area contributed by atoms with Crippen LogP contribution in [-0.4, -0.2) is 25.0 Å². The van der Waals surface area contributed by atoms with Gasteiger partial charge in [0.2, 0.25) is 10.0 Å². The summed E-state index contributed by atoms with van der Waals surface area (Å²) in [6, 6.07) is 5.27. The van der Waals surface area contributed by atoms with E-state index in [-0.39, 0.29) is 10.8 Å². The van der Waals surface area contributed by atoms with Gasteiger partial charge in [-0.2, -0.15) is 0 Å². The second-order valence-electron chi connectivity index (χ2n) is 3.01. The van der Waals surface area contributed by atoms with Crippen LogP contribution in [0.1, 0.15) is 6.92 Å². The molecule has 0 atom stereocenters. The van der Waals surface area contributed by atoms with Gasteiger partial charge in [-0.3, -0.25) is 10.1 Å². The van der Waals surface area contributed by atoms with E-state index in [0.29, 0.717) is 0 Å². The van der Waals surface area contributed by atoms with Crippen LogP contribution >= 0.6 is 11.8 Å². The topological polar surface area (TPSA) is 89.3 Å². The van der Waals surface area contributed by atoms with Crippen LogP contribution in [-0.2, 0) is 10.0 Å². The Morgan fingerprint density at radius 2 is 2.06 bits per heavy atom. The van der Waals surface area contributed by atoms with Crippen molar-refractivity contribution < 1.29 is 13.3 Å². The molecule has 0 spiro atoms. The lowest BCUT2D eigenvalue weighted by atomic mass is 10.3. The van der Waals surface area contributed by atoms with Crippen LogP contribution in [0.15, 0.2) is 29.2 Å². The zero-order valence-electron chi connectivity index (χ0n) is 9.12. The van der Waals surface area contributed by atoms with Gasteiger partial charge in [0, 0.05) is 6.07 Å². The van der Waals surface area contributed by atoms with E-state index in [2.05, 4.69) is 4.72 Å².